The van der Waals surface area contributed by atoms with E-state index in [-0.39, 0.29) is 28.6 Å². The number of nitrogens with one attached hydrogen (secondary N) is 3. The van der Waals surface area contributed by atoms with Crippen LogP contribution in [-0.2, 0) is 0 Å². The van der Waals surface area contributed by atoms with Crippen molar-refractivity contribution in [1.82, 2.24) is 15.4 Å². The van der Waals surface area contributed by atoms with Crippen molar-refractivity contribution in [2.45, 2.75) is 6.36 Å². The lowest BCUT2D eigenvalue weighted by Crippen LogP contribution is -2.31. The van der Waals surface area contributed by atoms with Gasteiger partial charge < -0.3 is 15.8 Å². The molecule has 5 N–H and O–H groups in total. The number of amides is 1. The normalized spacial score (nSPS) is 10.9. The van der Waals surface area contributed by atoms with Crippen LogP contribution in [0.25, 0.3) is 0 Å². The van der Waals surface area contributed by atoms with Crippen molar-refractivity contribution >= 4 is 28.9 Å². The van der Waals surface area contributed by atoms with E-state index in [1.165, 1.54) is 30.3 Å². The summed E-state index contributed by atoms with van der Waals surface area (Å²) in [5.74, 6) is -1.69. The predicted molar refractivity (Wildman–Crippen MR) is 100 cm³/mol. The molecule has 0 unspecified atom stereocenters. The van der Waals surface area contributed by atoms with E-state index < -0.39 is 18.1 Å². The number of nitrogen functional groups attached to an aromatic ring is 1. The average molecular weight is 422 g/mol. The van der Waals surface area contributed by atoms with Crippen LogP contribution in [0.4, 0.5) is 40.6 Å². The van der Waals surface area contributed by atoms with Gasteiger partial charge >= 0.3 is 6.36 Å². The molecule has 3 rings (SSSR count). The van der Waals surface area contributed by atoms with Crippen molar-refractivity contribution in [3.05, 3.63) is 66.2 Å². The molecule has 12 heteroatoms. The van der Waals surface area contributed by atoms with E-state index in [0.29, 0.717) is 5.69 Å². The monoisotopic (exact) mass is 422 g/mol. The van der Waals surface area contributed by atoms with Gasteiger partial charge in [0.2, 0.25) is 0 Å². The number of halogens is 4. The van der Waals surface area contributed by atoms with E-state index in [9.17, 15) is 22.4 Å². The fourth-order valence-electron chi connectivity index (χ4n) is 2.30. The summed E-state index contributed by atoms with van der Waals surface area (Å²) in [6.07, 6.45) is -3.66. The number of nitrogens with two attached hydrogens (primary N) is 1. The number of alkyl halides is 3. The number of nitrogens with zero attached hydrogens (tertiary/aromatic N) is 2. The molecule has 0 saturated heterocycles. The summed E-state index contributed by atoms with van der Waals surface area (Å²) in [6.45, 7) is 0. The number of rotatable bonds is 6. The maximum absolute atomic E-state index is 13.7. The third-order valence-corrected chi connectivity index (χ3v) is 3.65. The second-order valence-corrected chi connectivity index (χ2v) is 5.74. The highest BCUT2D eigenvalue weighted by Gasteiger charge is 2.30. The highest BCUT2D eigenvalue weighted by atomic mass is 19.4. The molecule has 1 heterocycles. The average Bonchev–Trinajstić information content (AvgIpc) is 2.69. The maximum atomic E-state index is 13.7. The third kappa shape index (κ3) is 5.25. The van der Waals surface area contributed by atoms with Crippen LogP contribution < -0.4 is 26.6 Å². The topological polar surface area (TPSA) is 114 Å². The number of aromatic nitrogens is 2. The van der Waals surface area contributed by atoms with Crippen LogP contribution in [0.3, 0.4) is 0 Å². The van der Waals surface area contributed by atoms with Gasteiger partial charge in [0.1, 0.15) is 23.6 Å². The lowest BCUT2D eigenvalue weighted by molar-refractivity contribution is -0.274. The fraction of sp³-hybridized carbons (Fsp3) is 0.0556. The smallest absolute Gasteiger partial charge is 0.406 e. The van der Waals surface area contributed by atoms with Crippen LogP contribution in [0.15, 0.2) is 54.9 Å². The number of hydrogen-bond donors (Lipinski definition) is 4. The minimum atomic E-state index is -4.79. The number of carbonyl (C=O) groups excluding carboxylic acids is 1. The summed E-state index contributed by atoms with van der Waals surface area (Å²) in [6, 6.07) is 10.3. The third-order valence-electron chi connectivity index (χ3n) is 3.65. The van der Waals surface area contributed by atoms with Gasteiger partial charge in [-0.15, -0.1) is 13.2 Å². The van der Waals surface area contributed by atoms with E-state index in [0.717, 1.165) is 24.5 Å². The molecule has 0 aliphatic rings. The summed E-state index contributed by atoms with van der Waals surface area (Å²) in [4.78, 5) is 19.9. The van der Waals surface area contributed by atoms with Crippen LogP contribution in [0.5, 0.6) is 5.75 Å². The highest BCUT2D eigenvalue weighted by molar-refractivity contribution is 5.95. The Hall–Kier alpha value is -4.09. The van der Waals surface area contributed by atoms with Gasteiger partial charge in [-0.2, -0.15) is 0 Å². The molecule has 0 saturated carbocycles. The summed E-state index contributed by atoms with van der Waals surface area (Å²) in [7, 11) is 0. The summed E-state index contributed by atoms with van der Waals surface area (Å²) < 4.78 is 54.1. The lowest BCUT2D eigenvalue weighted by atomic mass is 10.2. The zero-order valence-corrected chi connectivity index (χ0v) is 15.0. The zero-order valence-electron chi connectivity index (χ0n) is 15.0. The Kier molecular flexibility index (Phi) is 5.85. The molecule has 156 valence electrons. The van der Waals surface area contributed by atoms with Crippen molar-refractivity contribution in [3.8, 4) is 5.75 Å². The van der Waals surface area contributed by atoms with Crippen LogP contribution in [0.1, 0.15) is 10.4 Å². The molecular formula is C18H14F4N6O2. The van der Waals surface area contributed by atoms with E-state index >= 15 is 0 Å². The van der Waals surface area contributed by atoms with Gasteiger partial charge in [0.25, 0.3) is 5.91 Å². The van der Waals surface area contributed by atoms with Crippen LogP contribution in [0, 0.1) is 5.82 Å². The van der Waals surface area contributed by atoms with Gasteiger partial charge in [-0.05, 0) is 36.4 Å². The quantitative estimate of drug-likeness (QED) is 0.355. The van der Waals surface area contributed by atoms with Gasteiger partial charge in [-0.3, -0.25) is 15.6 Å². The van der Waals surface area contributed by atoms with E-state index in [4.69, 9.17) is 5.73 Å². The largest absolute Gasteiger partial charge is 0.573 e. The lowest BCUT2D eigenvalue weighted by Gasteiger charge is -2.14. The van der Waals surface area contributed by atoms with Crippen molar-refractivity contribution in [2.75, 3.05) is 16.5 Å². The van der Waals surface area contributed by atoms with Crippen LogP contribution in [0.2, 0.25) is 0 Å². The predicted octanol–water partition coefficient (Wildman–Crippen LogP) is 3.60. The summed E-state index contributed by atoms with van der Waals surface area (Å²) in [5.41, 5.74) is 10.9. The molecule has 0 aliphatic carbocycles. The first-order valence-electron chi connectivity index (χ1n) is 8.27. The summed E-state index contributed by atoms with van der Waals surface area (Å²) in [5, 5.41) is 2.81. The molecule has 0 aliphatic heterocycles. The Balaban J connectivity index is 1.68. The first-order chi connectivity index (χ1) is 14.2. The maximum Gasteiger partial charge on any atom is 0.573 e. The van der Waals surface area contributed by atoms with Crippen molar-refractivity contribution < 1.29 is 27.1 Å². The molecule has 0 atom stereocenters. The Labute approximate surface area is 167 Å². The molecule has 0 fully saturated rings. The number of hydrogen-bond acceptors (Lipinski definition) is 7. The standard InChI is InChI=1S/C18H14F4N6O2/c19-13-4-2-1-3-12(13)17(29)28-27-16-14(23)15(24-9-25-16)26-10-5-7-11(8-6-10)30-18(20,21)22/h1-9H,23H2,(H,28,29)(H2,24,25,26,27). The first kappa shape index (κ1) is 20.6. The number of benzene rings is 2. The molecule has 2 aromatic carbocycles. The van der Waals surface area contributed by atoms with E-state index in [2.05, 4.69) is 30.9 Å². The Bertz CT molecular complexity index is 1040. The first-order valence-corrected chi connectivity index (χ1v) is 8.27. The Morgan fingerprint density at radius 2 is 1.67 bits per heavy atom. The van der Waals surface area contributed by atoms with Crippen molar-refractivity contribution in [2.24, 2.45) is 0 Å². The number of hydrazine groups is 1. The molecule has 30 heavy (non-hydrogen) atoms. The SMILES string of the molecule is Nc1c(NNC(=O)c2ccccc2F)ncnc1Nc1ccc(OC(F)(F)F)cc1. The molecule has 0 radical (unpaired) electrons. The number of carbonyl (C=O) groups is 1. The van der Waals surface area contributed by atoms with Crippen LogP contribution >= 0.6 is 0 Å². The van der Waals surface area contributed by atoms with Gasteiger partial charge in [0.15, 0.2) is 11.6 Å². The summed E-state index contributed by atoms with van der Waals surface area (Å²) >= 11 is 0. The highest BCUT2D eigenvalue weighted by Crippen LogP contribution is 2.28. The Morgan fingerprint density at radius 1 is 1.00 bits per heavy atom. The van der Waals surface area contributed by atoms with E-state index in [1.807, 2.05) is 0 Å². The number of ether oxygens (including phenoxy) is 1. The zero-order chi connectivity index (χ0) is 21.7. The van der Waals surface area contributed by atoms with Crippen LogP contribution in [-0.4, -0.2) is 22.2 Å². The fourth-order valence-corrected chi connectivity index (χ4v) is 2.30. The van der Waals surface area contributed by atoms with Gasteiger partial charge in [-0.25, -0.2) is 14.4 Å². The minimum Gasteiger partial charge on any atom is -0.406 e. The molecule has 1 amide bonds. The van der Waals surface area contributed by atoms with Crippen molar-refractivity contribution in [3.63, 3.8) is 0 Å². The Morgan fingerprint density at radius 3 is 2.33 bits per heavy atom. The second kappa shape index (κ2) is 8.51. The van der Waals surface area contributed by atoms with E-state index in [1.54, 1.807) is 0 Å². The molecule has 3 aromatic rings. The molecule has 0 spiro atoms. The molecule has 8 nitrogen and oxygen atoms in total. The second-order valence-electron chi connectivity index (χ2n) is 5.74. The molecule has 1 aromatic heterocycles. The molecular weight excluding hydrogens is 408 g/mol. The van der Waals surface area contributed by atoms with Crippen molar-refractivity contribution in [1.29, 1.82) is 0 Å². The van der Waals surface area contributed by atoms with Gasteiger partial charge in [0.05, 0.1) is 5.56 Å². The molecule has 0 bridgehead atoms. The number of anilines is 4. The van der Waals surface area contributed by atoms with Gasteiger partial charge in [0, 0.05) is 5.69 Å². The minimum absolute atomic E-state index is 0.00181. The van der Waals surface area contributed by atoms with Gasteiger partial charge in [-0.1, -0.05) is 12.1 Å².